The molecule has 0 amide bonds. The smallest absolute Gasteiger partial charge is 0.348 e. The average Bonchev–Trinajstić information content (AvgIpc) is 2.68. The highest BCUT2D eigenvalue weighted by atomic mass is 16.4. The fourth-order valence-corrected chi connectivity index (χ4v) is 3.59. The molecule has 1 heterocycles. The van der Waals surface area contributed by atoms with Gasteiger partial charge in [-0.1, -0.05) is 13.8 Å². The highest BCUT2D eigenvalue weighted by Crippen LogP contribution is 2.43. The zero-order valence-electron chi connectivity index (χ0n) is 13.4. The largest absolute Gasteiger partial charge is 0.481 e. The van der Waals surface area contributed by atoms with Crippen LogP contribution in [0.25, 0.3) is 0 Å². The van der Waals surface area contributed by atoms with Crippen molar-refractivity contribution in [3.63, 3.8) is 0 Å². The quantitative estimate of drug-likeness (QED) is 0.929. The van der Waals surface area contributed by atoms with Gasteiger partial charge in [0.2, 0.25) is 0 Å². The van der Waals surface area contributed by atoms with Crippen LogP contribution in [0.3, 0.4) is 0 Å². The van der Waals surface area contributed by atoms with Crippen molar-refractivity contribution in [1.82, 2.24) is 9.55 Å². The molecule has 1 fully saturated rings. The van der Waals surface area contributed by atoms with E-state index in [1.807, 2.05) is 6.92 Å². The number of hydrogen-bond acceptors (Lipinski definition) is 3. The Bertz CT molecular complexity index is 631. The average molecular weight is 292 g/mol. The van der Waals surface area contributed by atoms with Crippen LogP contribution in [0.1, 0.15) is 68.9 Å². The second-order valence-electron chi connectivity index (χ2n) is 6.97. The zero-order valence-corrected chi connectivity index (χ0v) is 13.4. The van der Waals surface area contributed by atoms with Gasteiger partial charge >= 0.3 is 11.7 Å². The van der Waals surface area contributed by atoms with Crippen molar-refractivity contribution in [1.29, 1.82) is 0 Å². The van der Waals surface area contributed by atoms with Crippen LogP contribution in [-0.4, -0.2) is 20.6 Å². The number of nitrogens with zero attached hydrogens (tertiary/aromatic N) is 2. The molecule has 0 spiro atoms. The molecule has 5 nitrogen and oxygen atoms in total. The van der Waals surface area contributed by atoms with E-state index < -0.39 is 11.9 Å². The van der Waals surface area contributed by atoms with Crippen molar-refractivity contribution in [2.75, 3.05) is 0 Å². The molecule has 1 saturated carbocycles. The van der Waals surface area contributed by atoms with Crippen molar-refractivity contribution >= 4 is 5.97 Å². The van der Waals surface area contributed by atoms with E-state index in [4.69, 9.17) is 0 Å². The van der Waals surface area contributed by atoms with Crippen LogP contribution in [0.15, 0.2) is 4.79 Å². The Morgan fingerprint density at radius 2 is 2.05 bits per heavy atom. The topological polar surface area (TPSA) is 72.2 Å². The number of rotatable bonds is 3. The third-order valence-corrected chi connectivity index (χ3v) is 4.72. The third-order valence-electron chi connectivity index (χ3n) is 4.72. The molecular formula is C16H24N2O3. The lowest BCUT2D eigenvalue weighted by atomic mass is 9.91. The van der Waals surface area contributed by atoms with Crippen molar-refractivity contribution in [2.45, 2.75) is 65.8 Å². The Morgan fingerprint density at radius 1 is 1.43 bits per heavy atom. The molecule has 1 aromatic heterocycles. The summed E-state index contributed by atoms with van der Waals surface area (Å²) in [6.45, 7) is 9.61. The molecule has 5 heteroatoms. The summed E-state index contributed by atoms with van der Waals surface area (Å²) in [6.07, 6.45) is 2.94. The van der Waals surface area contributed by atoms with Gasteiger partial charge in [-0.15, -0.1) is 0 Å². The van der Waals surface area contributed by atoms with Crippen LogP contribution in [0, 0.1) is 19.3 Å². The molecule has 0 saturated heterocycles. The third kappa shape index (κ3) is 2.87. The first-order valence-corrected chi connectivity index (χ1v) is 7.46. The molecule has 116 valence electrons. The molecule has 2 unspecified atom stereocenters. The molecule has 1 aliphatic rings. The van der Waals surface area contributed by atoms with E-state index in [0.717, 1.165) is 25.0 Å². The minimum Gasteiger partial charge on any atom is -0.481 e. The lowest BCUT2D eigenvalue weighted by molar-refractivity contribution is -0.138. The van der Waals surface area contributed by atoms with E-state index >= 15 is 0 Å². The van der Waals surface area contributed by atoms with Crippen molar-refractivity contribution < 1.29 is 9.90 Å². The Balaban J connectivity index is 2.55. The van der Waals surface area contributed by atoms with Gasteiger partial charge in [-0.05, 0) is 45.4 Å². The van der Waals surface area contributed by atoms with Gasteiger partial charge in [0.1, 0.15) is 0 Å². The molecule has 1 N–H and O–H groups in total. The fraction of sp³-hybridized carbons (Fsp3) is 0.688. The maximum absolute atomic E-state index is 12.3. The summed E-state index contributed by atoms with van der Waals surface area (Å²) < 4.78 is 1.72. The molecule has 21 heavy (non-hydrogen) atoms. The number of aryl methyl sites for hydroxylation is 1. The first-order chi connectivity index (χ1) is 9.64. The summed E-state index contributed by atoms with van der Waals surface area (Å²) in [5.41, 5.74) is 1.92. The number of carboxylic acid groups (broad SMARTS) is 1. The predicted octanol–water partition coefficient (Wildman–Crippen LogP) is 2.80. The molecule has 0 aliphatic heterocycles. The van der Waals surface area contributed by atoms with Gasteiger partial charge < -0.3 is 5.11 Å². The van der Waals surface area contributed by atoms with E-state index in [2.05, 4.69) is 18.8 Å². The van der Waals surface area contributed by atoms with Crippen LogP contribution in [0.4, 0.5) is 0 Å². The highest BCUT2D eigenvalue weighted by Gasteiger charge is 2.34. The van der Waals surface area contributed by atoms with Gasteiger partial charge in [-0.2, -0.15) is 4.98 Å². The minimum absolute atomic E-state index is 0.125. The molecular weight excluding hydrogens is 268 g/mol. The lowest BCUT2D eigenvalue weighted by Gasteiger charge is -2.23. The lowest BCUT2D eigenvalue weighted by Crippen LogP contribution is -2.32. The number of aliphatic carboxylic acids is 1. The first-order valence-electron chi connectivity index (χ1n) is 7.46. The standard InChI is InChI=1S/C16H24N2O3/c1-9(14(19)20)13-10(2)17-15(21)18(11(13)3)12-6-7-16(4,5)8-12/h9,12H,6-8H2,1-5H3,(H,19,20). The number of hydrogen-bond donors (Lipinski definition) is 1. The van der Waals surface area contributed by atoms with Gasteiger partial charge in [0, 0.05) is 23.0 Å². The van der Waals surface area contributed by atoms with Crippen molar-refractivity contribution in [2.24, 2.45) is 5.41 Å². The van der Waals surface area contributed by atoms with E-state index in [1.54, 1.807) is 18.4 Å². The molecule has 2 atom stereocenters. The van der Waals surface area contributed by atoms with Crippen LogP contribution in [0.2, 0.25) is 0 Å². The number of carboxylic acids is 1. The van der Waals surface area contributed by atoms with E-state index in [1.165, 1.54) is 0 Å². The molecule has 2 rings (SSSR count). The molecule has 1 aliphatic carbocycles. The summed E-state index contributed by atoms with van der Waals surface area (Å²) in [5, 5.41) is 9.28. The maximum Gasteiger partial charge on any atom is 0.348 e. The molecule has 1 aromatic rings. The number of carbonyl (C=O) groups is 1. The first kappa shape index (κ1) is 15.7. The zero-order chi connectivity index (χ0) is 15.9. The second-order valence-corrected chi connectivity index (χ2v) is 6.97. The van der Waals surface area contributed by atoms with Gasteiger partial charge in [0.05, 0.1) is 5.92 Å². The Kier molecular flexibility index (Phi) is 3.95. The van der Waals surface area contributed by atoms with Gasteiger partial charge in [-0.25, -0.2) is 4.79 Å². The molecule has 0 radical (unpaired) electrons. The molecule has 0 aromatic carbocycles. The van der Waals surface area contributed by atoms with Gasteiger partial charge in [-0.3, -0.25) is 9.36 Å². The van der Waals surface area contributed by atoms with Crippen LogP contribution < -0.4 is 5.69 Å². The summed E-state index contributed by atoms with van der Waals surface area (Å²) in [6, 6.07) is 0.125. The summed E-state index contributed by atoms with van der Waals surface area (Å²) >= 11 is 0. The van der Waals surface area contributed by atoms with Gasteiger partial charge in [0.15, 0.2) is 0 Å². The van der Waals surface area contributed by atoms with E-state index in [-0.39, 0.29) is 17.1 Å². The number of aromatic nitrogens is 2. The summed E-state index contributed by atoms with van der Waals surface area (Å²) in [7, 11) is 0. The van der Waals surface area contributed by atoms with E-state index in [9.17, 15) is 14.7 Å². The summed E-state index contributed by atoms with van der Waals surface area (Å²) in [5.74, 6) is -1.54. The highest BCUT2D eigenvalue weighted by molar-refractivity contribution is 5.76. The Labute approximate surface area is 125 Å². The summed E-state index contributed by atoms with van der Waals surface area (Å²) in [4.78, 5) is 27.7. The SMILES string of the molecule is Cc1nc(=O)n(C2CCC(C)(C)C2)c(C)c1C(C)C(=O)O. The van der Waals surface area contributed by atoms with Crippen LogP contribution in [-0.2, 0) is 4.79 Å². The van der Waals surface area contributed by atoms with Gasteiger partial charge in [0.25, 0.3) is 0 Å². The second kappa shape index (κ2) is 5.28. The van der Waals surface area contributed by atoms with Crippen molar-refractivity contribution in [3.8, 4) is 0 Å². The van der Waals surface area contributed by atoms with Crippen LogP contribution >= 0.6 is 0 Å². The normalized spacial score (nSPS) is 22.2. The Hall–Kier alpha value is -1.65. The maximum atomic E-state index is 12.3. The van der Waals surface area contributed by atoms with Crippen LogP contribution in [0.5, 0.6) is 0 Å². The monoisotopic (exact) mass is 292 g/mol. The molecule has 0 bridgehead atoms. The minimum atomic E-state index is -0.889. The van der Waals surface area contributed by atoms with E-state index in [0.29, 0.717) is 11.3 Å². The Morgan fingerprint density at radius 3 is 2.52 bits per heavy atom. The fourth-order valence-electron chi connectivity index (χ4n) is 3.59. The van der Waals surface area contributed by atoms with Crippen molar-refractivity contribution in [3.05, 3.63) is 27.4 Å². The predicted molar refractivity (Wildman–Crippen MR) is 80.7 cm³/mol.